The second-order valence-electron chi connectivity index (χ2n) is 8.41. The van der Waals surface area contributed by atoms with Crippen LogP contribution in [0.2, 0.25) is 0 Å². The topological polar surface area (TPSA) is 46.9 Å². The summed E-state index contributed by atoms with van der Waals surface area (Å²) >= 11 is 0. The van der Waals surface area contributed by atoms with Crippen LogP contribution in [0.15, 0.2) is 30.3 Å². The van der Waals surface area contributed by atoms with Gasteiger partial charge < -0.3 is 5.32 Å². The lowest BCUT2D eigenvalue weighted by atomic mass is 9.53. The Balaban J connectivity index is 1.42. The molecule has 2 unspecified atom stereocenters. The highest BCUT2D eigenvalue weighted by molar-refractivity contribution is 5.76. The van der Waals surface area contributed by atoms with E-state index in [-0.39, 0.29) is 5.91 Å². The highest BCUT2D eigenvalue weighted by Gasteiger charge is 2.51. The molecule has 27 heavy (non-hydrogen) atoms. The molecule has 0 bridgehead atoms. The maximum atomic E-state index is 12.7. The molecule has 2 aromatic rings. The molecule has 4 nitrogen and oxygen atoms in total. The highest BCUT2D eigenvalue weighted by Crippen LogP contribution is 2.54. The van der Waals surface area contributed by atoms with Gasteiger partial charge in [0.1, 0.15) is 0 Å². The molecular formula is C23H31N3O. The van der Waals surface area contributed by atoms with E-state index in [1.165, 1.54) is 42.5 Å². The molecule has 2 fully saturated rings. The Kier molecular flexibility index (Phi) is 5.07. The van der Waals surface area contributed by atoms with Crippen LogP contribution in [0.4, 0.5) is 0 Å². The molecule has 1 amide bonds. The summed E-state index contributed by atoms with van der Waals surface area (Å²) in [5.41, 5.74) is 4.84. The van der Waals surface area contributed by atoms with Gasteiger partial charge in [-0.2, -0.15) is 5.10 Å². The first-order chi connectivity index (χ1) is 13.1. The van der Waals surface area contributed by atoms with Crippen molar-refractivity contribution < 1.29 is 4.79 Å². The Morgan fingerprint density at radius 1 is 1.11 bits per heavy atom. The van der Waals surface area contributed by atoms with Crippen LogP contribution in [0, 0.1) is 32.6 Å². The van der Waals surface area contributed by atoms with Gasteiger partial charge in [0, 0.05) is 30.6 Å². The van der Waals surface area contributed by atoms with Gasteiger partial charge >= 0.3 is 0 Å². The van der Waals surface area contributed by atoms with E-state index < -0.39 is 0 Å². The van der Waals surface area contributed by atoms with Crippen LogP contribution in [0.3, 0.4) is 0 Å². The van der Waals surface area contributed by atoms with Gasteiger partial charge in [-0.25, -0.2) is 0 Å². The lowest BCUT2D eigenvalue weighted by Crippen LogP contribution is -2.59. The first kappa shape index (κ1) is 18.3. The van der Waals surface area contributed by atoms with Crippen LogP contribution in [0.1, 0.15) is 60.5 Å². The van der Waals surface area contributed by atoms with E-state index in [1.807, 2.05) is 11.6 Å². The van der Waals surface area contributed by atoms with Crippen molar-refractivity contribution in [2.24, 2.45) is 11.8 Å². The van der Waals surface area contributed by atoms with Gasteiger partial charge in [0.25, 0.3) is 0 Å². The smallest absolute Gasteiger partial charge is 0.222 e. The molecule has 1 N–H and O–H groups in total. The Hall–Kier alpha value is -2.10. The first-order valence-corrected chi connectivity index (χ1v) is 10.4. The molecule has 1 heterocycles. The van der Waals surface area contributed by atoms with Gasteiger partial charge in [-0.15, -0.1) is 0 Å². The minimum Gasteiger partial charge on any atom is -0.352 e. The van der Waals surface area contributed by atoms with Crippen molar-refractivity contribution >= 4 is 5.91 Å². The van der Waals surface area contributed by atoms with Crippen LogP contribution in [0.5, 0.6) is 0 Å². The minimum absolute atomic E-state index is 0.162. The predicted molar refractivity (Wildman–Crippen MR) is 108 cm³/mol. The van der Waals surface area contributed by atoms with Crippen molar-refractivity contribution in [3.05, 3.63) is 52.8 Å². The van der Waals surface area contributed by atoms with E-state index in [9.17, 15) is 4.79 Å². The third-order valence-electron chi connectivity index (χ3n) is 6.99. The summed E-state index contributed by atoms with van der Waals surface area (Å²) in [5.74, 6) is 2.04. The molecule has 2 aliphatic carbocycles. The van der Waals surface area contributed by atoms with Crippen molar-refractivity contribution in [3.8, 4) is 0 Å². The number of rotatable bonds is 5. The second-order valence-corrected chi connectivity index (χ2v) is 8.41. The van der Waals surface area contributed by atoms with Crippen molar-refractivity contribution in [2.75, 3.05) is 0 Å². The summed E-state index contributed by atoms with van der Waals surface area (Å²) in [6.07, 6.45) is 5.70. The third kappa shape index (κ3) is 3.42. The Morgan fingerprint density at radius 2 is 1.81 bits per heavy atom. The monoisotopic (exact) mass is 365 g/mol. The van der Waals surface area contributed by atoms with Gasteiger partial charge in [0.05, 0.1) is 5.69 Å². The largest absolute Gasteiger partial charge is 0.352 e. The van der Waals surface area contributed by atoms with Gasteiger partial charge in [0.2, 0.25) is 5.91 Å². The molecule has 0 saturated heterocycles. The number of hydrogen-bond acceptors (Lipinski definition) is 2. The normalized spacial score (nSPS) is 26.9. The number of hydrogen-bond donors (Lipinski definition) is 1. The molecule has 144 valence electrons. The fourth-order valence-corrected chi connectivity index (χ4v) is 5.26. The molecule has 4 rings (SSSR count). The molecule has 2 aliphatic rings. The van der Waals surface area contributed by atoms with Crippen LogP contribution in [-0.4, -0.2) is 21.7 Å². The maximum absolute atomic E-state index is 12.7. The standard InChI is InChI=1S/C23H31N3O/c1-15-16(2)25-26(17(15)3)14-13-21(27)24-23-20-12-8-7-11-19(20)22(23)18-9-5-4-6-10-18/h4-6,9-10,19-20,22-23H,7-8,11-14H2,1-3H3,(H,24,27)/t19?,20?,22-,23-/m0/s1. The zero-order valence-electron chi connectivity index (χ0n) is 16.7. The summed E-state index contributed by atoms with van der Waals surface area (Å²) in [5, 5.41) is 7.96. The lowest BCUT2D eigenvalue weighted by molar-refractivity contribution is -0.125. The number of nitrogens with one attached hydrogen (secondary N) is 1. The average Bonchev–Trinajstić information content (AvgIpc) is 2.92. The SMILES string of the molecule is Cc1nn(CCC(=O)N[C@H]2C3CCCCC3[C@@H]2c2ccccc2)c(C)c1C. The Bertz CT molecular complexity index is 811. The number of benzene rings is 1. The molecule has 0 radical (unpaired) electrons. The summed E-state index contributed by atoms with van der Waals surface area (Å²) < 4.78 is 1.98. The van der Waals surface area contributed by atoms with Crippen LogP contribution >= 0.6 is 0 Å². The molecule has 4 atom stereocenters. The third-order valence-corrected chi connectivity index (χ3v) is 6.99. The lowest BCUT2D eigenvalue weighted by Gasteiger charge is -2.55. The van der Waals surface area contributed by atoms with E-state index in [0.29, 0.717) is 30.8 Å². The van der Waals surface area contributed by atoms with Crippen molar-refractivity contribution in [3.63, 3.8) is 0 Å². The number of aryl methyl sites for hydroxylation is 2. The van der Waals surface area contributed by atoms with Gasteiger partial charge in [0.15, 0.2) is 0 Å². The fourth-order valence-electron chi connectivity index (χ4n) is 5.26. The average molecular weight is 366 g/mol. The quantitative estimate of drug-likeness (QED) is 0.859. The van der Waals surface area contributed by atoms with Gasteiger partial charge in [-0.05, 0) is 56.6 Å². The molecule has 1 aromatic heterocycles. The number of carbonyl (C=O) groups excluding carboxylic acids is 1. The maximum Gasteiger partial charge on any atom is 0.222 e. The van der Waals surface area contributed by atoms with E-state index >= 15 is 0 Å². The van der Waals surface area contributed by atoms with E-state index in [4.69, 9.17) is 0 Å². The van der Waals surface area contributed by atoms with Crippen LogP contribution < -0.4 is 5.32 Å². The number of aromatic nitrogens is 2. The summed E-state index contributed by atoms with van der Waals surface area (Å²) in [6.45, 7) is 6.86. The van der Waals surface area contributed by atoms with Crippen molar-refractivity contribution in [1.82, 2.24) is 15.1 Å². The Morgan fingerprint density at radius 3 is 2.48 bits per heavy atom. The van der Waals surface area contributed by atoms with Crippen LogP contribution in [0.25, 0.3) is 0 Å². The number of nitrogens with zero attached hydrogens (tertiary/aromatic N) is 2. The summed E-state index contributed by atoms with van der Waals surface area (Å²) in [7, 11) is 0. The number of carbonyl (C=O) groups is 1. The summed E-state index contributed by atoms with van der Waals surface area (Å²) in [4.78, 5) is 12.7. The molecule has 4 heteroatoms. The fraction of sp³-hybridized carbons (Fsp3) is 0.565. The number of amides is 1. The predicted octanol–water partition coefficient (Wildman–Crippen LogP) is 4.29. The second kappa shape index (κ2) is 7.49. The first-order valence-electron chi connectivity index (χ1n) is 10.4. The van der Waals surface area contributed by atoms with E-state index in [2.05, 4.69) is 54.6 Å². The Labute approximate surface area is 162 Å². The summed E-state index contributed by atoms with van der Waals surface area (Å²) in [6, 6.07) is 11.1. The minimum atomic E-state index is 0.162. The van der Waals surface area contributed by atoms with E-state index in [1.54, 1.807) is 0 Å². The van der Waals surface area contributed by atoms with Crippen LogP contribution in [-0.2, 0) is 11.3 Å². The molecule has 1 aromatic carbocycles. The van der Waals surface area contributed by atoms with Crippen molar-refractivity contribution in [1.29, 1.82) is 0 Å². The van der Waals surface area contributed by atoms with Gasteiger partial charge in [-0.3, -0.25) is 9.48 Å². The zero-order valence-corrected chi connectivity index (χ0v) is 16.7. The van der Waals surface area contributed by atoms with E-state index in [0.717, 1.165) is 11.6 Å². The molecule has 0 spiro atoms. The molecular weight excluding hydrogens is 334 g/mol. The van der Waals surface area contributed by atoms with Crippen molar-refractivity contribution in [2.45, 2.75) is 71.4 Å². The highest BCUT2D eigenvalue weighted by atomic mass is 16.1. The zero-order chi connectivity index (χ0) is 19.0. The molecule has 0 aliphatic heterocycles. The molecule has 2 saturated carbocycles. The number of fused-ring (bicyclic) bond motifs is 1. The van der Waals surface area contributed by atoms with Gasteiger partial charge in [-0.1, -0.05) is 43.2 Å².